The van der Waals surface area contributed by atoms with Crippen molar-refractivity contribution in [1.29, 1.82) is 0 Å². The van der Waals surface area contributed by atoms with Gasteiger partial charge in [0.1, 0.15) is 12.3 Å². The van der Waals surface area contributed by atoms with Crippen molar-refractivity contribution < 1.29 is 14.3 Å². The van der Waals surface area contributed by atoms with Crippen molar-refractivity contribution in [1.82, 2.24) is 15.1 Å². The van der Waals surface area contributed by atoms with E-state index in [1.165, 1.54) is 0 Å². The van der Waals surface area contributed by atoms with E-state index in [2.05, 4.69) is 22.4 Å². The van der Waals surface area contributed by atoms with Gasteiger partial charge in [-0.05, 0) is 31.0 Å². The van der Waals surface area contributed by atoms with Gasteiger partial charge in [0.15, 0.2) is 5.96 Å². The lowest BCUT2D eigenvalue weighted by Gasteiger charge is -2.24. The zero-order chi connectivity index (χ0) is 19.6. The minimum atomic E-state index is -0.0204. The van der Waals surface area contributed by atoms with Crippen LogP contribution in [-0.2, 0) is 16.1 Å². The molecule has 27 heavy (non-hydrogen) atoms. The Hall–Kier alpha value is -2.28. The molecule has 1 fully saturated rings. The number of hydrogen-bond donors (Lipinski definition) is 1. The second kappa shape index (κ2) is 10.8. The second-order valence-electron chi connectivity index (χ2n) is 6.97. The second-order valence-corrected chi connectivity index (χ2v) is 6.97. The number of amides is 1. The van der Waals surface area contributed by atoms with Gasteiger partial charge >= 0.3 is 0 Å². The maximum Gasteiger partial charge on any atom is 0.243 e. The molecule has 1 aliphatic rings. The molecule has 0 radical (unpaired) electrons. The number of likely N-dealkylation sites (N-methyl/N-ethyl adjacent to an activating group) is 1. The number of nitrogens with one attached hydrogen (secondary N) is 1. The smallest absolute Gasteiger partial charge is 0.243 e. The molecule has 7 nitrogen and oxygen atoms in total. The van der Waals surface area contributed by atoms with Crippen molar-refractivity contribution in [2.75, 3.05) is 54.1 Å². The average Bonchev–Trinajstić information content (AvgIpc) is 3.16. The fourth-order valence-electron chi connectivity index (χ4n) is 2.78. The Labute approximate surface area is 162 Å². The highest BCUT2D eigenvalue weighted by Gasteiger charge is 2.17. The van der Waals surface area contributed by atoms with Crippen LogP contribution in [0.15, 0.2) is 29.3 Å². The molecule has 1 heterocycles. The van der Waals surface area contributed by atoms with Crippen LogP contribution >= 0.6 is 0 Å². The number of carbonyl (C=O) groups excluding carboxylic acids is 1. The molecule has 1 unspecified atom stereocenters. The monoisotopic (exact) mass is 376 g/mol. The Morgan fingerprint density at radius 3 is 2.63 bits per heavy atom. The summed E-state index contributed by atoms with van der Waals surface area (Å²) in [6.45, 7) is 5.84. The van der Waals surface area contributed by atoms with Crippen molar-refractivity contribution in [3.63, 3.8) is 0 Å². The molecule has 2 rings (SSSR count). The molecule has 1 atom stereocenters. The summed E-state index contributed by atoms with van der Waals surface area (Å²) in [5.41, 5.74) is 1.15. The van der Waals surface area contributed by atoms with Gasteiger partial charge in [0, 0.05) is 46.8 Å². The lowest BCUT2D eigenvalue weighted by Crippen LogP contribution is -2.41. The van der Waals surface area contributed by atoms with E-state index in [1.54, 1.807) is 19.0 Å². The quantitative estimate of drug-likeness (QED) is 0.551. The van der Waals surface area contributed by atoms with E-state index in [4.69, 9.17) is 9.47 Å². The standard InChI is InChI=1S/C20H32N4O3/c1-5-27-18-8-6-16(7-9-18)14-24(4)20(22-13-19(25)23(2)3)21-12-17-10-11-26-15-17/h6-9,17H,5,10-15H2,1-4H3,(H,21,22). The lowest BCUT2D eigenvalue weighted by molar-refractivity contribution is -0.127. The minimum absolute atomic E-state index is 0.0204. The number of nitrogens with zero attached hydrogens (tertiary/aromatic N) is 3. The Balaban J connectivity index is 2.00. The van der Waals surface area contributed by atoms with Crippen LogP contribution < -0.4 is 10.1 Å². The van der Waals surface area contributed by atoms with Gasteiger partial charge in [0.05, 0.1) is 13.2 Å². The molecule has 1 aromatic carbocycles. The Morgan fingerprint density at radius 2 is 2.04 bits per heavy atom. The van der Waals surface area contributed by atoms with E-state index in [1.807, 2.05) is 31.0 Å². The van der Waals surface area contributed by atoms with E-state index >= 15 is 0 Å². The Kier molecular flexibility index (Phi) is 8.39. The van der Waals surface area contributed by atoms with Crippen LogP contribution in [0.25, 0.3) is 0 Å². The summed E-state index contributed by atoms with van der Waals surface area (Å²) in [5, 5.41) is 3.41. The molecular formula is C20H32N4O3. The molecule has 1 aromatic rings. The third-order valence-electron chi connectivity index (χ3n) is 4.45. The number of carbonyl (C=O) groups is 1. The number of hydrogen-bond acceptors (Lipinski definition) is 4. The van der Waals surface area contributed by atoms with Crippen molar-refractivity contribution in [3.8, 4) is 5.75 Å². The van der Waals surface area contributed by atoms with Crippen LogP contribution in [-0.4, -0.2) is 75.7 Å². The average molecular weight is 377 g/mol. The van der Waals surface area contributed by atoms with E-state index in [0.29, 0.717) is 19.1 Å². The summed E-state index contributed by atoms with van der Waals surface area (Å²) < 4.78 is 10.9. The molecule has 0 aromatic heterocycles. The van der Waals surface area contributed by atoms with Crippen molar-refractivity contribution in [3.05, 3.63) is 29.8 Å². The molecule has 7 heteroatoms. The van der Waals surface area contributed by atoms with Crippen molar-refractivity contribution in [2.24, 2.45) is 10.9 Å². The van der Waals surface area contributed by atoms with Gasteiger partial charge in [0.25, 0.3) is 0 Å². The van der Waals surface area contributed by atoms with E-state index in [-0.39, 0.29) is 12.5 Å². The molecule has 0 bridgehead atoms. The minimum Gasteiger partial charge on any atom is -0.494 e. The molecule has 1 saturated heterocycles. The maximum atomic E-state index is 11.9. The van der Waals surface area contributed by atoms with Crippen LogP contribution in [0.4, 0.5) is 0 Å². The normalized spacial score (nSPS) is 16.9. The highest BCUT2D eigenvalue weighted by atomic mass is 16.5. The number of guanidine groups is 1. The van der Waals surface area contributed by atoms with Crippen LogP contribution in [0, 0.1) is 5.92 Å². The first-order valence-electron chi connectivity index (χ1n) is 9.48. The fourth-order valence-corrected chi connectivity index (χ4v) is 2.78. The zero-order valence-electron chi connectivity index (χ0n) is 16.9. The molecule has 1 amide bonds. The zero-order valence-corrected chi connectivity index (χ0v) is 16.9. The summed E-state index contributed by atoms with van der Waals surface area (Å²) >= 11 is 0. The highest BCUT2D eigenvalue weighted by Crippen LogP contribution is 2.14. The topological polar surface area (TPSA) is 66.4 Å². The maximum absolute atomic E-state index is 11.9. The van der Waals surface area contributed by atoms with E-state index < -0.39 is 0 Å². The first-order chi connectivity index (χ1) is 13.0. The summed E-state index contributed by atoms with van der Waals surface area (Å²) in [6.07, 6.45) is 1.06. The Morgan fingerprint density at radius 1 is 1.30 bits per heavy atom. The number of ether oxygens (including phenoxy) is 2. The van der Waals surface area contributed by atoms with Gasteiger partial charge in [-0.3, -0.25) is 4.79 Å². The number of rotatable bonds is 8. The van der Waals surface area contributed by atoms with Crippen molar-refractivity contribution >= 4 is 11.9 Å². The van der Waals surface area contributed by atoms with Crippen molar-refractivity contribution in [2.45, 2.75) is 19.9 Å². The third-order valence-corrected chi connectivity index (χ3v) is 4.45. The van der Waals surface area contributed by atoms with Gasteiger partial charge < -0.3 is 24.6 Å². The van der Waals surface area contributed by atoms with Gasteiger partial charge in [-0.2, -0.15) is 0 Å². The molecule has 0 aliphatic carbocycles. The van der Waals surface area contributed by atoms with Gasteiger partial charge in [-0.15, -0.1) is 0 Å². The summed E-state index contributed by atoms with van der Waals surface area (Å²) in [5.74, 6) is 2.06. The van der Waals surface area contributed by atoms with Gasteiger partial charge in [-0.1, -0.05) is 12.1 Å². The first kappa shape index (κ1) is 21.0. The first-order valence-corrected chi connectivity index (χ1v) is 9.48. The van der Waals surface area contributed by atoms with E-state index in [9.17, 15) is 4.79 Å². The molecule has 0 saturated carbocycles. The van der Waals surface area contributed by atoms with Crippen LogP contribution in [0.2, 0.25) is 0 Å². The lowest BCUT2D eigenvalue weighted by atomic mass is 10.1. The van der Waals surface area contributed by atoms with Crippen LogP contribution in [0.3, 0.4) is 0 Å². The third kappa shape index (κ3) is 7.09. The van der Waals surface area contributed by atoms with Crippen LogP contribution in [0.1, 0.15) is 18.9 Å². The molecule has 0 spiro atoms. The number of aliphatic imine (C=N–C) groups is 1. The molecule has 1 N–H and O–H groups in total. The van der Waals surface area contributed by atoms with Crippen LogP contribution in [0.5, 0.6) is 5.75 Å². The molecule has 150 valence electrons. The van der Waals surface area contributed by atoms with E-state index in [0.717, 1.165) is 43.5 Å². The summed E-state index contributed by atoms with van der Waals surface area (Å²) in [7, 11) is 5.46. The van der Waals surface area contributed by atoms with Gasteiger partial charge in [0.2, 0.25) is 5.91 Å². The largest absolute Gasteiger partial charge is 0.494 e. The fraction of sp³-hybridized carbons (Fsp3) is 0.600. The van der Waals surface area contributed by atoms with Gasteiger partial charge in [-0.25, -0.2) is 4.99 Å². The summed E-state index contributed by atoms with van der Waals surface area (Å²) in [4.78, 5) is 20.0. The molecular weight excluding hydrogens is 344 g/mol. The Bertz CT molecular complexity index is 610. The highest BCUT2D eigenvalue weighted by molar-refractivity contribution is 5.84. The molecule has 1 aliphatic heterocycles. The predicted octanol–water partition coefficient (Wildman–Crippen LogP) is 1.59. The SMILES string of the molecule is CCOc1ccc(CN(C)C(=NCC(=O)N(C)C)NCC2CCOC2)cc1. The summed E-state index contributed by atoms with van der Waals surface area (Å²) in [6, 6.07) is 8.05. The number of benzene rings is 1. The predicted molar refractivity (Wildman–Crippen MR) is 107 cm³/mol.